The summed E-state index contributed by atoms with van der Waals surface area (Å²) in [7, 11) is 1.83. The highest BCUT2D eigenvalue weighted by Crippen LogP contribution is 2.27. The number of fused-ring (bicyclic) bond motifs is 1. The molecule has 112 valence electrons. The van der Waals surface area contributed by atoms with Crippen molar-refractivity contribution < 1.29 is 9.90 Å². The number of hydrogen-bond donors (Lipinski definition) is 2. The van der Waals surface area contributed by atoms with E-state index in [4.69, 9.17) is 0 Å². The van der Waals surface area contributed by atoms with Gasteiger partial charge in [0.15, 0.2) is 5.69 Å². The van der Waals surface area contributed by atoms with Crippen LogP contribution in [0.25, 0.3) is 10.9 Å². The maximum absolute atomic E-state index is 12.4. The van der Waals surface area contributed by atoms with E-state index in [0.717, 1.165) is 36.6 Å². The number of nitrogens with one attached hydrogen (secondary N) is 1. The Labute approximate surface area is 124 Å². The van der Waals surface area contributed by atoms with Crippen molar-refractivity contribution in [1.82, 2.24) is 15.1 Å². The standard InChI is InChI=1S/C16H21N3O2/c1-19-13-8-4-3-7-12(13)14(18-19)15(20)17-11-16(21)9-5-2-6-10-16/h3-4,7-8,21H,2,5-6,9-11H2,1H3,(H,17,20). The minimum atomic E-state index is -0.751. The highest BCUT2D eigenvalue weighted by molar-refractivity contribution is 6.04. The summed E-state index contributed by atoms with van der Waals surface area (Å²) in [6, 6.07) is 7.66. The SMILES string of the molecule is Cn1nc(C(=O)NCC2(O)CCCCC2)c2ccccc21. The lowest BCUT2D eigenvalue weighted by atomic mass is 9.85. The van der Waals surface area contributed by atoms with Gasteiger partial charge in [-0.3, -0.25) is 9.48 Å². The van der Waals surface area contributed by atoms with Gasteiger partial charge in [-0.25, -0.2) is 0 Å². The minimum Gasteiger partial charge on any atom is -0.388 e. The third kappa shape index (κ3) is 2.78. The molecule has 5 nitrogen and oxygen atoms in total. The first-order valence-corrected chi connectivity index (χ1v) is 7.51. The van der Waals surface area contributed by atoms with Crippen LogP contribution in [-0.4, -0.2) is 32.9 Å². The maximum atomic E-state index is 12.4. The fourth-order valence-electron chi connectivity index (χ4n) is 3.10. The Hall–Kier alpha value is -1.88. The molecule has 1 saturated carbocycles. The number of nitrogens with zero attached hydrogens (tertiary/aromatic N) is 2. The molecule has 21 heavy (non-hydrogen) atoms. The van der Waals surface area contributed by atoms with Crippen molar-refractivity contribution in [3.05, 3.63) is 30.0 Å². The van der Waals surface area contributed by atoms with Crippen LogP contribution >= 0.6 is 0 Å². The number of benzene rings is 1. The summed E-state index contributed by atoms with van der Waals surface area (Å²) in [5.74, 6) is -0.217. The summed E-state index contributed by atoms with van der Waals surface area (Å²) < 4.78 is 1.71. The number of carbonyl (C=O) groups excluding carboxylic acids is 1. The van der Waals surface area contributed by atoms with Crippen LogP contribution in [0.1, 0.15) is 42.6 Å². The van der Waals surface area contributed by atoms with E-state index in [-0.39, 0.29) is 5.91 Å². The highest BCUT2D eigenvalue weighted by Gasteiger charge is 2.30. The second-order valence-electron chi connectivity index (χ2n) is 5.96. The lowest BCUT2D eigenvalue weighted by Gasteiger charge is -2.31. The van der Waals surface area contributed by atoms with Crippen LogP contribution in [0.2, 0.25) is 0 Å². The fraction of sp³-hybridized carbons (Fsp3) is 0.500. The fourth-order valence-corrected chi connectivity index (χ4v) is 3.10. The van der Waals surface area contributed by atoms with E-state index in [1.165, 1.54) is 6.42 Å². The van der Waals surface area contributed by atoms with Crippen LogP contribution in [0, 0.1) is 0 Å². The number of aromatic nitrogens is 2. The maximum Gasteiger partial charge on any atom is 0.272 e. The molecule has 1 amide bonds. The average molecular weight is 287 g/mol. The molecule has 0 bridgehead atoms. The lowest BCUT2D eigenvalue weighted by Crippen LogP contribution is -2.44. The number of rotatable bonds is 3. The zero-order valence-corrected chi connectivity index (χ0v) is 12.3. The van der Waals surface area contributed by atoms with Gasteiger partial charge in [0.1, 0.15) is 0 Å². The van der Waals surface area contributed by atoms with E-state index >= 15 is 0 Å². The molecule has 1 aromatic carbocycles. The molecule has 0 spiro atoms. The normalized spacial score (nSPS) is 17.8. The third-order valence-electron chi connectivity index (χ3n) is 4.34. The highest BCUT2D eigenvalue weighted by atomic mass is 16.3. The molecule has 0 atom stereocenters. The molecular weight excluding hydrogens is 266 g/mol. The predicted molar refractivity (Wildman–Crippen MR) is 81.1 cm³/mol. The van der Waals surface area contributed by atoms with Crippen LogP contribution in [0.15, 0.2) is 24.3 Å². The average Bonchev–Trinajstić information content (AvgIpc) is 2.84. The summed E-state index contributed by atoms with van der Waals surface area (Å²) in [6.07, 6.45) is 4.74. The van der Waals surface area contributed by atoms with E-state index < -0.39 is 5.60 Å². The van der Waals surface area contributed by atoms with E-state index in [1.807, 2.05) is 31.3 Å². The number of carbonyl (C=O) groups is 1. The molecule has 0 unspecified atom stereocenters. The number of hydrogen-bond acceptors (Lipinski definition) is 3. The molecule has 1 aromatic heterocycles. The van der Waals surface area contributed by atoms with Crippen molar-refractivity contribution in [3.8, 4) is 0 Å². The van der Waals surface area contributed by atoms with Crippen LogP contribution in [0.4, 0.5) is 0 Å². The lowest BCUT2D eigenvalue weighted by molar-refractivity contribution is 0.00522. The summed E-state index contributed by atoms with van der Waals surface area (Å²) >= 11 is 0. The van der Waals surface area contributed by atoms with Gasteiger partial charge in [-0.15, -0.1) is 0 Å². The first-order chi connectivity index (χ1) is 10.1. The molecule has 3 rings (SSSR count). The second-order valence-corrected chi connectivity index (χ2v) is 5.96. The Morgan fingerprint density at radius 1 is 1.33 bits per heavy atom. The topological polar surface area (TPSA) is 67.2 Å². The Balaban J connectivity index is 1.75. The Kier molecular flexibility index (Phi) is 3.68. The van der Waals surface area contributed by atoms with E-state index in [9.17, 15) is 9.90 Å². The number of amides is 1. The van der Waals surface area contributed by atoms with Gasteiger partial charge < -0.3 is 10.4 Å². The molecule has 2 aromatic rings. The Morgan fingerprint density at radius 2 is 2.05 bits per heavy atom. The molecule has 0 radical (unpaired) electrons. The van der Waals surface area contributed by atoms with Crippen molar-refractivity contribution in [3.63, 3.8) is 0 Å². The molecule has 0 saturated heterocycles. The van der Waals surface area contributed by atoms with Crippen LogP contribution in [0.3, 0.4) is 0 Å². The first kappa shape index (κ1) is 14.1. The van der Waals surface area contributed by atoms with Crippen LogP contribution in [0.5, 0.6) is 0 Å². The van der Waals surface area contributed by atoms with Crippen molar-refractivity contribution in [2.24, 2.45) is 7.05 Å². The second kappa shape index (κ2) is 5.48. The van der Waals surface area contributed by atoms with Crippen molar-refractivity contribution in [2.75, 3.05) is 6.54 Å². The number of aryl methyl sites for hydroxylation is 1. The van der Waals surface area contributed by atoms with Crippen molar-refractivity contribution >= 4 is 16.8 Å². The number of para-hydroxylation sites is 1. The molecule has 0 aliphatic heterocycles. The zero-order valence-electron chi connectivity index (χ0n) is 12.3. The van der Waals surface area contributed by atoms with E-state index in [2.05, 4.69) is 10.4 Å². The Bertz CT molecular complexity index is 657. The van der Waals surface area contributed by atoms with Gasteiger partial charge in [-0.2, -0.15) is 5.10 Å². The van der Waals surface area contributed by atoms with Crippen LogP contribution < -0.4 is 5.32 Å². The zero-order chi connectivity index (χ0) is 14.9. The third-order valence-corrected chi connectivity index (χ3v) is 4.34. The summed E-state index contributed by atoms with van der Waals surface area (Å²) in [4.78, 5) is 12.4. The monoisotopic (exact) mass is 287 g/mol. The molecule has 1 aliphatic rings. The predicted octanol–water partition coefficient (Wildman–Crippen LogP) is 2.00. The summed E-state index contributed by atoms with van der Waals surface area (Å²) in [5, 5.41) is 18.4. The molecule has 1 heterocycles. The largest absolute Gasteiger partial charge is 0.388 e. The van der Waals surface area contributed by atoms with Crippen LogP contribution in [-0.2, 0) is 7.05 Å². The molecular formula is C16H21N3O2. The van der Waals surface area contributed by atoms with Crippen molar-refractivity contribution in [1.29, 1.82) is 0 Å². The van der Waals surface area contributed by atoms with Gasteiger partial charge in [-0.1, -0.05) is 37.5 Å². The van der Waals surface area contributed by atoms with E-state index in [1.54, 1.807) is 4.68 Å². The van der Waals surface area contributed by atoms with Gasteiger partial charge in [0.05, 0.1) is 11.1 Å². The first-order valence-electron chi connectivity index (χ1n) is 7.51. The molecule has 1 fully saturated rings. The minimum absolute atomic E-state index is 0.217. The molecule has 1 aliphatic carbocycles. The van der Waals surface area contributed by atoms with Gasteiger partial charge >= 0.3 is 0 Å². The summed E-state index contributed by atoms with van der Waals surface area (Å²) in [5.41, 5.74) is 0.602. The smallest absolute Gasteiger partial charge is 0.272 e. The quantitative estimate of drug-likeness (QED) is 0.907. The van der Waals surface area contributed by atoms with Gasteiger partial charge in [0.2, 0.25) is 0 Å². The molecule has 5 heteroatoms. The van der Waals surface area contributed by atoms with Gasteiger partial charge in [0, 0.05) is 19.0 Å². The number of aliphatic hydroxyl groups is 1. The van der Waals surface area contributed by atoms with E-state index in [0.29, 0.717) is 12.2 Å². The summed E-state index contributed by atoms with van der Waals surface area (Å²) in [6.45, 7) is 0.302. The van der Waals surface area contributed by atoms with Gasteiger partial charge in [-0.05, 0) is 18.9 Å². The molecule has 2 N–H and O–H groups in total. The Morgan fingerprint density at radius 3 is 2.81 bits per heavy atom. The van der Waals surface area contributed by atoms with Gasteiger partial charge in [0.25, 0.3) is 5.91 Å². The van der Waals surface area contributed by atoms with Crippen molar-refractivity contribution in [2.45, 2.75) is 37.7 Å².